The summed E-state index contributed by atoms with van der Waals surface area (Å²) in [5.74, 6) is -0.395. The van der Waals surface area contributed by atoms with Crippen molar-refractivity contribution in [2.75, 3.05) is 11.1 Å². The van der Waals surface area contributed by atoms with Gasteiger partial charge in [-0.15, -0.1) is 0 Å². The molecule has 0 saturated carbocycles. The summed E-state index contributed by atoms with van der Waals surface area (Å²) in [6, 6.07) is 8.12. The lowest BCUT2D eigenvalue weighted by Gasteiger charge is -2.12. The summed E-state index contributed by atoms with van der Waals surface area (Å²) in [7, 11) is -3.82. The number of primary sulfonamides is 1. The van der Waals surface area contributed by atoms with Crippen LogP contribution in [0.3, 0.4) is 0 Å². The Hall–Kier alpha value is -1.64. The molecule has 0 aliphatic heterocycles. The van der Waals surface area contributed by atoms with Gasteiger partial charge in [-0.05, 0) is 52.3 Å². The molecule has 20 heavy (non-hydrogen) atoms. The van der Waals surface area contributed by atoms with Gasteiger partial charge in [0, 0.05) is 4.47 Å². The molecule has 0 heterocycles. The van der Waals surface area contributed by atoms with E-state index >= 15 is 0 Å². The first-order chi connectivity index (χ1) is 9.27. The second-order valence-corrected chi connectivity index (χ2v) is 6.46. The third kappa shape index (κ3) is 3.27. The van der Waals surface area contributed by atoms with Gasteiger partial charge >= 0.3 is 0 Å². The summed E-state index contributed by atoms with van der Waals surface area (Å²) in [5, 5.41) is 7.99. The Morgan fingerprint density at radius 2 is 1.80 bits per heavy atom. The van der Waals surface area contributed by atoms with E-state index in [9.17, 15) is 12.8 Å². The molecule has 0 aliphatic carbocycles. The Morgan fingerprint density at radius 3 is 2.40 bits per heavy atom. The van der Waals surface area contributed by atoms with E-state index in [0.29, 0.717) is 21.5 Å². The fourth-order valence-electron chi connectivity index (χ4n) is 1.56. The number of halogens is 2. The minimum Gasteiger partial charge on any atom is -0.397 e. The number of nitrogen functional groups attached to an aromatic ring is 1. The second-order valence-electron chi connectivity index (χ2n) is 4.04. The molecule has 0 spiro atoms. The highest BCUT2D eigenvalue weighted by atomic mass is 79.9. The number of hydrogen-bond donors (Lipinski definition) is 3. The van der Waals surface area contributed by atoms with Crippen molar-refractivity contribution in [2.24, 2.45) is 5.14 Å². The molecular formula is C12H11BrFN3O2S. The van der Waals surface area contributed by atoms with Gasteiger partial charge in [-0.2, -0.15) is 0 Å². The van der Waals surface area contributed by atoms with Crippen LogP contribution >= 0.6 is 15.9 Å². The topological polar surface area (TPSA) is 98.2 Å². The Kier molecular flexibility index (Phi) is 3.98. The number of anilines is 3. The molecule has 5 N–H and O–H groups in total. The van der Waals surface area contributed by atoms with Gasteiger partial charge in [-0.3, -0.25) is 0 Å². The molecule has 0 aliphatic rings. The van der Waals surface area contributed by atoms with Crippen molar-refractivity contribution in [2.45, 2.75) is 4.90 Å². The maximum Gasteiger partial charge on any atom is 0.238 e. The molecule has 0 saturated heterocycles. The maximum absolute atomic E-state index is 13.0. The van der Waals surface area contributed by atoms with Gasteiger partial charge < -0.3 is 11.1 Å². The van der Waals surface area contributed by atoms with Gasteiger partial charge in [0.2, 0.25) is 10.0 Å². The van der Waals surface area contributed by atoms with E-state index in [1.54, 1.807) is 0 Å². The van der Waals surface area contributed by atoms with Gasteiger partial charge in [0.25, 0.3) is 0 Å². The number of nitrogens with one attached hydrogen (secondary N) is 1. The van der Waals surface area contributed by atoms with E-state index in [2.05, 4.69) is 21.2 Å². The standard InChI is InChI=1S/C12H11BrFN3O2S/c13-9-5-7(14)1-4-11(9)17-12-6-8(20(16,18)19)2-3-10(12)15/h1-6,17H,15H2,(H2,16,18,19). The predicted molar refractivity (Wildman–Crippen MR) is 79.6 cm³/mol. The van der Waals surface area contributed by atoms with E-state index in [1.807, 2.05) is 0 Å². The summed E-state index contributed by atoms with van der Waals surface area (Å²) >= 11 is 3.20. The summed E-state index contributed by atoms with van der Waals surface area (Å²) in [4.78, 5) is -0.0626. The van der Waals surface area contributed by atoms with Crippen molar-refractivity contribution in [3.05, 3.63) is 46.7 Å². The maximum atomic E-state index is 13.0. The van der Waals surface area contributed by atoms with Crippen LogP contribution in [-0.4, -0.2) is 8.42 Å². The van der Waals surface area contributed by atoms with E-state index in [-0.39, 0.29) is 4.90 Å². The molecule has 2 rings (SSSR count). The van der Waals surface area contributed by atoms with Gasteiger partial charge in [0.15, 0.2) is 0 Å². The van der Waals surface area contributed by atoms with Gasteiger partial charge in [0.05, 0.1) is 22.0 Å². The molecule has 106 valence electrons. The van der Waals surface area contributed by atoms with Gasteiger partial charge in [-0.25, -0.2) is 17.9 Å². The van der Waals surface area contributed by atoms with Crippen LogP contribution in [0.1, 0.15) is 0 Å². The normalized spacial score (nSPS) is 11.3. The average Bonchev–Trinajstić information content (AvgIpc) is 2.33. The van der Waals surface area contributed by atoms with Crippen LogP contribution in [0.15, 0.2) is 45.8 Å². The molecule has 2 aromatic carbocycles. The van der Waals surface area contributed by atoms with Crippen LogP contribution < -0.4 is 16.2 Å². The van der Waals surface area contributed by atoms with E-state index in [0.717, 1.165) is 0 Å². The lowest BCUT2D eigenvalue weighted by atomic mass is 10.2. The zero-order valence-corrected chi connectivity index (χ0v) is 12.5. The van der Waals surface area contributed by atoms with Crippen molar-refractivity contribution in [3.8, 4) is 0 Å². The SMILES string of the molecule is Nc1ccc(S(N)(=O)=O)cc1Nc1ccc(F)cc1Br. The lowest BCUT2D eigenvalue weighted by Crippen LogP contribution is -2.12. The number of benzene rings is 2. The van der Waals surface area contributed by atoms with Crippen LogP contribution in [0.4, 0.5) is 21.5 Å². The highest BCUT2D eigenvalue weighted by Crippen LogP contribution is 2.30. The number of rotatable bonds is 3. The number of sulfonamides is 1. The largest absolute Gasteiger partial charge is 0.397 e. The zero-order valence-electron chi connectivity index (χ0n) is 10.1. The molecule has 2 aromatic rings. The number of nitrogens with two attached hydrogens (primary N) is 2. The predicted octanol–water partition coefficient (Wildman–Crippen LogP) is 2.56. The highest BCUT2D eigenvalue weighted by Gasteiger charge is 2.11. The molecule has 0 radical (unpaired) electrons. The van der Waals surface area contributed by atoms with E-state index in [4.69, 9.17) is 10.9 Å². The molecular weight excluding hydrogens is 349 g/mol. The van der Waals surface area contributed by atoms with E-state index in [1.165, 1.54) is 36.4 Å². The Morgan fingerprint density at radius 1 is 1.10 bits per heavy atom. The second kappa shape index (κ2) is 5.39. The average molecular weight is 360 g/mol. The van der Waals surface area contributed by atoms with E-state index < -0.39 is 15.8 Å². The monoisotopic (exact) mass is 359 g/mol. The van der Waals surface area contributed by atoms with Gasteiger partial charge in [-0.1, -0.05) is 0 Å². The third-order valence-corrected chi connectivity index (χ3v) is 4.12. The Balaban J connectivity index is 2.43. The molecule has 0 unspecified atom stereocenters. The van der Waals surface area contributed by atoms with Crippen molar-refractivity contribution < 1.29 is 12.8 Å². The van der Waals surface area contributed by atoms with Crippen molar-refractivity contribution in [1.82, 2.24) is 0 Å². The fourth-order valence-corrected chi connectivity index (χ4v) is 2.55. The molecule has 0 bridgehead atoms. The first kappa shape index (κ1) is 14.8. The smallest absolute Gasteiger partial charge is 0.238 e. The number of hydrogen-bond acceptors (Lipinski definition) is 4. The summed E-state index contributed by atoms with van der Waals surface area (Å²) < 4.78 is 36.1. The minimum absolute atomic E-state index is 0.0626. The summed E-state index contributed by atoms with van der Waals surface area (Å²) in [5.41, 5.74) is 7.02. The molecule has 0 amide bonds. The first-order valence-electron chi connectivity index (χ1n) is 5.42. The van der Waals surface area contributed by atoms with Crippen LogP contribution in [0.25, 0.3) is 0 Å². The highest BCUT2D eigenvalue weighted by molar-refractivity contribution is 9.10. The Bertz CT molecular complexity index is 765. The Labute approximate surface area is 124 Å². The third-order valence-electron chi connectivity index (χ3n) is 2.55. The van der Waals surface area contributed by atoms with Crippen molar-refractivity contribution in [1.29, 1.82) is 0 Å². The lowest BCUT2D eigenvalue weighted by molar-refractivity contribution is 0.598. The fraction of sp³-hybridized carbons (Fsp3) is 0. The molecule has 0 atom stereocenters. The van der Waals surface area contributed by atoms with Crippen LogP contribution in [0.5, 0.6) is 0 Å². The summed E-state index contributed by atoms with van der Waals surface area (Å²) in [6.07, 6.45) is 0. The summed E-state index contributed by atoms with van der Waals surface area (Å²) in [6.45, 7) is 0. The molecule has 8 heteroatoms. The molecule has 0 fully saturated rings. The van der Waals surface area contributed by atoms with Crippen LogP contribution in [0, 0.1) is 5.82 Å². The van der Waals surface area contributed by atoms with Crippen molar-refractivity contribution >= 4 is 43.0 Å². The van der Waals surface area contributed by atoms with Crippen LogP contribution in [-0.2, 0) is 10.0 Å². The molecule has 5 nitrogen and oxygen atoms in total. The van der Waals surface area contributed by atoms with Gasteiger partial charge in [0.1, 0.15) is 5.82 Å². The first-order valence-corrected chi connectivity index (χ1v) is 7.76. The molecule has 0 aromatic heterocycles. The minimum atomic E-state index is -3.82. The zero-order chi connectivity index (χ0) is 14.9. The quantitative estimate of drug-likeness (QED) is 0.733. The van der Waals surface area contributed by atoms with Crippen molar-refractivity contribution in [3.63, 3.8) is 0 Å². The van der Waals surface area contributed by atoms with Crippen LogP contribution in [0.2, 0.25) is 0 Å².